The van der Waals surface area contributed by atoms with E-state index in [0.717, 1.165) is 57.8 Å². The normalized spacial score (nSPS) is 13.8. The van der Waals surface area contributed by atoms with Crippen molar-refractivity contribution >= 4 is 19.8 Å². The Morgan fingerprint density at radius 2 is 1.02 bits per heavy atom. The van der Waals surface area contributed by atoms with Crippen LogP contribution in [-0.2, 0) is 32.7 Å². The number of hydrogen-bond donors (Lipinski definition) is 0. The minimum atomic E-state index is -4.61. The first-order valence-electron chi connectivity index (χ1n) is 20.4. The van der Waals surface area contributed by atoms with Crippen LogP contribution in [0.2, 0.25) is 0 Å². The number of unbranched alkanes of at least 4 members (excludes halogenated alkanes) is 21. The van der Waals surface area contributed by atoms with E-state index in [0.29, 0.717) is 17.4 Å². The van der Waals surface area contributed by atoms with Gasteiger partial charge < -0.3 is 27.9 Å². The number of phosphoric ester groups is 1. The second-order valence-corrected chi connectivity index (χ2v) is 16.4. The number of hydrogen-bond acceptors (Lipinski definition) is 8. The molecule has 10 heteroatoms. The lowest BCUT2D eigenvalue weighted by molar-refractivity contribution is -0.870. The lowest BCUT2D eigenvalue weighted by Gasteiger charge is -2.28. The van der Waals surface area contributed by atoms with Crippen LogP contribution in [0.1, 0.15) is 181 Å². The number of rotatable bonds is 37. The Morgan fingerprint density at radius 3 is 1.48 bits per heavy atom. The van der Waals surface area contributed by atoms with Gasteiger partial charge in [-0.15, -0.1) is 0 Å². The number of quaternary nitrogens is 1. The third-order valence-corrected chi connectivity index (χ3v) is 9.75. The van der Waals surface area contributed by atoms with E-state index in [1.807, 2.05) is 21.1 Å². The molecule has 2 atom stereocenters. The summed E-state index contributed by atoms with van der Waals surface area (Å²) >= 11 is 0. The lowest BCUT2D eigenvalue weighted by Crippen LogP contribution is -2.37. The summed E-state index contributed by atoms with van der Waals surface area (Å²) in [5.41, 5.74) is 0. The van der Waals surface area contributed by atoms with Crippen molar-refractivity contribution in [3.63, 3.8) is 0 Å². The topological polar surface area (TPSA) is 111 Å². The van der Waals surface area contributed by atoms with Crippen LogP contribution in [0.15, 0.2) is 12.2 Å². The van der Waals surface area contributed by atoms with Gasteiger partial charge in [-0.1, -0.05) is 142 Å². The highest BCUT2D eigenvalue weighted by molar-refractivity contribution is 7.45. The Bertz CT molecular complexity index is 876. The number of carbonyl (C=O) groups is 2. The van der Waals surface area contributed by atoms with E-state index >= 15 is 0 Å². The average Bonchev–Trinajstić information content (AvgIpc) is 3.06. The molecule has 0 radical (unpaired) electrons. The minimum Gasteiger partial charge on any atom is -0.756 e. The van der Waals surface area contributed by atoms with Gasteiger partial charge in [0, 0.05) is 12.8 Å². The van der Waals surface area contributed by atoms with Crippen molar-refractivity contribution in [3.05, 3.63) is 12.2 Å². The van der Waals surface area contributed by atoms with E-state index in [1.54, 1.807) is 0 Å². The zero-order valence-electron chi connectivity index (χ0n) is 33.1. The van der Waals surface area contributed by atoms with E-state index in [-0.39, 0.29) is 26.1 Å². The summed E-state index contributed by atoms with van der Waals surface area (Å²) in [4.78, 5) is 37.3. The number of allylic oxidation sites excluding steroid dienone is 2. The maximum Gasteiger partial charge on any atom is 0.306 e. The number of phosphoric acid groups is 1. The highest BCUT2D eigenvalue weighted by atomic mass is 31.2. The molecule has 0 saturated carbocycles. The quantitative estimate of drug-likeness (QED) is 0.0204. The molecule has 0 aliphatic carbocycles. The number of likely N-dealkylation sites (N-methyl/N-ethyl adjacent to an activating group) is 1. The summed E-state index contributed by atoms with van der Waals surface area (Å²) < 4.78 is 33.8. The first kappa shape index (κ1) is 48.8. The molecule has 0 bridgehead atoms. The van der Waals surface area contributed by atoms with Crippen molar-refractivity contribution in [2.75, 3.05) is 47.5 Å². The molecule has 0 aliphatic rings. The van der Waals surface area contributed by atoms with Gasteiger partial charge in [0.2, 0.25) is 0 Å². The molecule has 0 rings (SSSR count). The van der Waals surface area contributed by atoms with Crippen LogP contribution < -0.4 is 4.89 Å². The SMILES string of the molecule is CCCCCCCCC/C=C\CCCCCCCC(=O)OC[C@H](COP(=O)([O-])OCC[N+](C)(C)C)OC(=O)CCCCCCCCCCCC. The minimum absolute atomic E-state index is 0.0293. The van der Waals surface area contributed by atoms with Crippen molar-refractivity contribution in [1.82, 2.24) is 0 Å². The van der Waals surface area contributed by atoms with E-state index in [2.05, 4.69) is 26.0 Å². The number of ether oxygens (including phenoxy) is 2. The van der Waals surface area contributed by atoms with Gasteiger partial charge in [0.05, 0.1) is 27.7 Å². The van der Waals surface area contributed by atoms with Gasteiger partial charge in [0.25, 0.3) is 7.82 Å². The van der Waals surface area contributed by atoms with Crippen LogP contribution in [0.25, 0.3) is 0 Å². The summed E-state index contributed by atoms with van der Waals surface area (Å²) in [5.74, 6) is -0.841. The van der Waals surface area contributed by atoms with Gasteiger partial charge >= 0.3 is 11.9 Å². The van der Waals surface area contributed by atoms with Crippen LogP contribution in [0, 0.1) is 0 Å². The standard InChI is InChI=1S/C40H78NO8P/c1-6-8-10-12-14-16-18-19-20-21-22-23-25-26-28-30-32-39(42)46-36-38(37-48-50(44,45)47-35-34-41(3,4)5)49-40(43)33-31-29-27-24-17-15-13-11-9-7-2/h20-21,38H,6-19,22-37H2,1-5H3/b21-20-/t38-/m1/s1. The van der Waals surface area contributed by atoms with Gasteiger partial charge in [-0.2, -0.15) is 0 Å². The monoisotopic (exact) mass is 732 g/mol. The second-order valence-electron chi connectivity index (χ2n) is 15.0. The summed E-state index contributed by atoms with van der Waals surface area (Å²) in [6.45, 7) is 4.20. The van der Waals surface area contributed by atoms with Gasteiger partial charge in [-0.3, -0.25) is 14.2 Å². The fourth-order valence-corrected chi connectivity index (χ4v) is 6.26. The molecule has 0 heterocycles. The van der Waals surface area contributed by atoms with Crippen molar-refractivity contribution in [2.24, 2.45) is 0 Å². The second kappa shape index (κ2) is 33.6. The molecule has 0 aromatic rings. The molecular weight excluding hydrogens is 653 g/mol. The fraction of sp³-hybridized carbons (Fsp3) is 0.900. The predicted molar refractivity (Wildman–Crippen MR) is 204 cm³/mol. The van der Waals surface area contributed by atoms with Crippen molar-refractivity contribution in [1.29, 1.82) is 0 Å². The first-order chi connectivity index (χ1) is 24.0. The molecule has 0 aromatic heterocycles. The van der Waals surface area contributed by atoms with Crippen LogP contribution in [-0.4, -0.2) is 70.0 Å². The summed E-state index contributed by atoms with van der Waals surface area (Å²) in [5, 5.41) is 0. The molecular formula is C40H78NO8P. The van der Waals surface area contributed by atoms with E-state index < -0.39 is 32.5 Å². The Morgan fingerprint density at radius 1 is 0.600 bits per heavy atom. The van der Waals surface area contributed by atoms with Crippen LogP contribution >= 0.6 is 7.82 Å². The highest BCUT2D eigenvalue weighted by Crippen LogP contribution is 2.38. The van der Waals surface area contributed by atoms with Crippen molar-refractivity contribution < 1.29 is 42.1 Å². The highest BCUT2D eigenvalue weighted by Gasteiger charge is 2.21. The zero-order chi connectivity index (χ0) is 37.2. The summed E-state index contributed by atoms with van der Waals surface area (Å²) in [6.07, 6.45) is 32.4. The number of esters is 2. The molecule has 0 amide bonds. The molecule has 0 aliphatic heterocycles. The maximum atomic E-state index is 12.6. The lowest BCUT2D eigenvalue weighted by atomic mass is 10.1. The van der Waals surface area contributed by atoms with Crippen LogP contribution in [0.3, 0.4) is 0 Å². The number of nitrogens with zero attached hydrogens (tertiary/aromatic N) is 1. The molecule has 50 heavy (non-hydrogen) atoms. The van der Waals surface area contributed by atoms with Crippen LogP contribution in [0.4, 0.5) is 0 Å². The van der Waals surface area contributed by atoms with E-state index in [4.69, 9.17) is 18.5 Å². The summed E-state index contributed by atoms with van der Waals surface area (Å²) in [6, 6.07) is 0. The van der Waals surface area contributed by atoms with E-state index in [9.17, 15) is 19.0 Å². The molecule has 0 saturated heterocycles. The summed E-state index contributed by atoms with van der Waals surface area (Å²) in [7, 11) is 1.17. The van der Waals surface area contributed by atoms with Crippen molar-refractivity contribution in [3.8, 4) is 0 Å². The van der Waals surface area contributed by atoms with E-state index in [1.165, 1.54) is 89.9 Å². The molecule has 0 aromatic carbocycles. The molecule has 1 unspecified atom stereocenters. The average molecular weight is 732 g/mol. The Kier molecular flexibility index (Phi) is 32.7. The number of carbonyl (C=O) groups excluding carboxylic acids is 2. The molecule has 296 valence electrons. The van der Waals surface area contributed by atoms with Gasteiger partial charge in [0.1, 0.15) is 19.8 Å². The fourth-order valence-electron chi connectivity index (χ4n) is 5.53. The molecule has 9 nitrogen and oxygen atoms in total. The zero-order valence-corrected chi connectivity index (χ0v) is 34.0. The van der Waals surface area contributed by atoms with Gasteiger partial charge in [0.15, 0.2) is 6.10 Å². The third-order valence-electron chi connectivity index (χ3n) is 8.79. The third kappa shape index (κ3) is 36.5. The van der Waals surface area contributed by atoms with Crippen molar-refractivity contribution in [2.45, 2.75) is 187 Å². The molecule has 0 N–H and O–H groups in total. The van der Waals surface area contributed by atoms with Gasteiger partial charge in [-0.05, 0) is 38.5 Å². The Hall–Kier alpha value is -1.25. The first-order valence-corrected chi connectivity index (χ1v) is 21.9. The smallest absolute Gasteiger partial charge is 0.306 e. The maximum absolute atomic E-state index is 12.6. The van der Waals surface area contributed by atoms with Crippen LogP contribution in [0.5, 0.6) is 0 Å². The molecule has 0 fully saturated rings. The Labute approximate surface area is 307 Å². The molecule has 0 spiro atoms. The Balaban J connectivity index is 4.36. The largest absolute Gasteiger partial charge is 0.756 e. The van der Waals surface area contributed by atoms with Gasteiger partial charge in [-0.25, -0.2) is 0 Å². The predicted octanol–water partition coefficient (Wildman–Crippen LogP) is 10.4.